The van der Waals surface area contributed by atoms with Gasteiger partial charge in [-0.15, -0.1) is 0 Å². The molecule has 2 aromatic carbocycles. The number of rotatable bonds is 7. The Morgan fingerprint density at radius 3 is 2.15 bits per heavy atom. The van der Waals surface area contributed by atoms with Crippen molar-refractivity contribution < 1.29 is 9.13 Å². The van der Waals surface area contributed by atoms with Crippen LogP contribution in [0.25, 0.3) is 11.1 Å². The smallest absolute Gasteiger partial charge is 0.123 e. The minimum absolute atomic E-state index is 0.209. The third-order valence-electron chi connectivity index (χ3n) is 5.37. The van der Waals surface area contributed by atoms with Crippen LogP contribution in [-0.2, 0) is 0 Å². The number of hydrogen-bond acceptors (Lipinski definition) is 1. The topological polar surface area (TPSA) is 9.23 Å². The van der Waals surface area contributed by atoms with Crippen LogP contribution in [-0.4, -0.2) is 6.61 Å². The van der Waals surface area contributed by atoms with Gasteiger partial charge in [0.1, 0.15) is 18.2 Å². The van der Waals surface area contributed by atoms with E-state index in [2.05, 4.69) is 19.1 Å². The monoisotopic (exact) mass is 352 g/mol. The van der Waals surface area contributed by atoms with E-state index in [1.165, 1.54) is 50.7 Å². The molecular weight excluding hydrogens is 323 g/mol. The molecule has 0 saturated heterocycles. The quantitative estimate of drug-likeness (QED) is 0.486. The molecule has 0 unspecified atom stereocenters. The van der Waals surface area contributed by atoms with Gasteiger partial charge in [0.2, 0.25) is 0 Å². The molecule has 0 aromatic heterocycles. The van der Waals surface area contributed by atoms with E-state index in [4.69, 9.17) is 4.74 Å². The lowest BCUT2D eigenvalue weighted by Crippen LogP contribution is -2.13. The van der Waals surface area contributed by atoms with E-state index in [1.54, 1.807) is 12.1 Å². The predicted octanol–water partition coefficient (Wildman–Crippen LogP) is 7.03. The second kappa shape index (κ2) is 9.56. The fourth-order valence-corrected chi connectivity index (χ4v) is 3.86. The van der Waals surface area contributed by atoms with E-state index < -0.39 is 0 Å². The van der Waals surface area contributed by atoms with Crippen LogP contribution in [0.4, 0.5) is 4.39 Å². The molecule has 0 atom stereocenters. The van der Waals surface area contributed by atoms with Crippen LogP contribution in [0.2, 0.25) is 0 Å². The second-order valence-corrected chi connectivity index (χ2v) is 7.34. The van der Waals surface area contributed by atoms with Gasteiger partial charge in [-0.25, -0.2) is 4.39 Å². The Morgan fingerprint density at radius 2 is 1.54 bits per heavy atom. The van der Waals surface area contributed by atoms with E-state index in [0.717, 1.165) is 28.7 Å². The lowest BCUT2D eigenvalue weighted by Gasteiger charge is -2.26. The van der Waals surface area contributed by atoms with Crippen molar-refractivity contribution in [1.82, 2.24) is 0 Å². The highest BCUT2D eigenvalue weighted by molar-refractivity contribution is 5.63. The van der Waals surface area contributed by atoms with Crippen LogP contribution in [0.15, 0.2) is 60.7 Å². The summed E-state index contributed by atoms with van der Waals surface area (Å²) < 4.78 is 18.8. The molecule has 0 heterocycles. The summed E-state index contributed by atoms with van der Waals surface area (Å²) in [5.41, 5.74) is 2.08. The average molecular weight is 352 g/mol. The summed E-state index contributed by atoms with van der Waals surface area (Å²) in [6.07, 6.45) is 12.6. The Morgan fingerprint density at radius 1 is 0.923 bits per heavy atom. The van der Waals surface area contributed by atoms with Gasteiger partial charge < -0.3 is 4.74 Å². The molecule has 1 fully saturated rings. The Kier molecular flexibility index (Phi) is 6.88. The molecule has 1 aliphatic carbocycles. The van der Waals surface area contributed by atoms with Crippen molar-refractivity contribution >= 4 is 0 Å². The zero-order valence-corrected chi connectivity index (χ0v) is 15.7. The summed E-state index contributed by atoms with van der Waals surface area (Å²) in [7, 11) is 0. The van der Waals surface area contributed by atoms with E-state index in [1.807, 2.05) is 24.3 Å². The van der Waals surface area contributed by atoms with Gasteiger partial charge in [-0.1, -0.05) is 56.2 Å². The minimum Gasteiger partial charge on any atom is -0.490 e. The SMILES string of the molecule is CCC[C@H]1CC[C@H](/C=C/COc2ccc(-c3ccc(F)cc3)cc2)CC1. The molecule has 3 rings (SSSR count). The van der Waals surface area contributed by atoms with Crippen molar-refractivity contribution in [1.29, 1.82) is 0 Å². The van der Waals surface area contributed by atoms with Crippen LogP contribution in [0.1, 0.15) is 45.4 Å². The number of allylic oxidation sites excluding steroid dienone is 1. The molecule has 2 heteroatoms. The molecule has 1 saturated carbocycles. The molecule has 138 valence electrons. The van der Waals surface area contributed by atoms with Crippen LogP contribution in [0, 0.1) is 17.7 Å². The highest BCUT2D eigenvalue weighted by Crippen LogP contribution is 2.32. The molecule has 0 spiro atoms. The van der Waals surface area contributed by atoms with Gasteiger partial charge in [0.05, 0.1) is 0 Å². The van der Waals surface area contributed by atoms with Crippen molar-refractivity contribution in [3.05, 3.63) is 66.5 Å². The minimum atomic E-state index is -0.209. The summed E-state index contributed by atoms with van der Waals surface area (Å²) in [6.45, 7) is 2.90. The van der Waals surface area contributed by atoms with Crippen molar-refractivity contribution in [3.8, 4) is 16.9 Å². The zero-order valence-electron chi connectivity index (χ0n) is 15.7. The van der Waals surface area contributed by atoms with Crippen molar-refractivity contribution in [3.63, 3.8) is 0 Å². The highest BCUT2D eigenvalue weighted by Gasteiger charge is 2.18. The fourth-order valence-electron chi connectivity index (χ4n) is 3.86. The maximum atomic E-state index is 13.0. The van der Waals surface area contributed by atoms with Crippen molar-refractivity contribution in [2.75, 3.05) is 6.61 Å². The first kappa shape index (κ1) is 18.7. The second-order valence-electron chi connectivity index (χ2n) is 7.34. The Labute approximate surface area is 156 Å². The maximum absolute atomic E-state index is 13.0. The molecule has 0 N–H and O–H groups in total. The van der Waals surface area contributed by atoms with E-state index in [0.29, 0.717) is 6.61 Å². The molecule has 1 aliphatic rings. The summed E-state index contributed by atoms with van der Waals surface area (Å²) in [5.74, 6) is 2.35. The van der Waals surface area contributed by atoms with Gasteiger partial charge in [-0.2, -0.15) is 0 Å². The van der Waals surface area contributed by atoms with E-state index >= 15 is 0 Å². The fraction of sp³-hybridized carbons (Fsp3) is 0.417. The lowest BCUT2D eigenvalue weighted by molar-refractivity contribution is 0.292. The summed E-state index contributed by atoms with van der Waals surface area (Å²) in [6, 6.07) is 14.5. The molecule has 2 aromatic rings. The van der Waals surface area contributed by atoms with E-state index in [-0.39, 0.29) is 5.82 Å². The van der Waals surface area contributed by atoms with Gasteiger partial charge in [-0.05, 0) is 72.9 Å². The Balaban J connectivity index is 1.43. The van der Waals surface area contributed by atoms with Gasteiger partial charge in [-0.3, -0.25) is 0 Å². The normalized spacial score (nSPS) is 20.4. The molecule has 0 amide bonds. The predicted molar refractivity (Wildman–Crippen MR) is 107 cm³/mol. The zero-order chi connectivity index (χ0) is 18.2. The molecule has 0 bridgehead atoms. The van der Waals surface area contributed by atoms with Crippen molar-refractivity contribution in [2.45, 2.75) is 45.4 Å². The summed E-state index contributed by atoms with van der Waals surface area (Å²) >= 11 is 0. The Hall–Kier alpha value is -2.09. The third kappa shape index (κ3) is 5.45. The summed E-state index contributed by atoms with van der Waals surface area (Å²) in [4.78, 5) is 0. The van der Waals surface area contributed by atoms with Crippen LogP contribution < -0.4 is 4.74 Å². The molecule has 1 nitrogen and oxygen atoms in total. The standard InChI is InChI=1S/C24H29FO/c1-2-4-19-6-8-20(9-7-19)5-3-18-26-24-16-12-22(13-17-24)21-10-14-23(25)15-11-21/h3,5,10-17,19-20H,2,4,6-9,18H2,1H3/b5-3+/t19-,20-. The first-order valence-electron chi connectivity index (χ1n) is 9.90. The Bertz CT molecular complexity index is 679. The van der Waals surface area contributed by atoms with Crippen LogP contribution >= 0.6 is 0 Å². The van der Waals surface area contributed by atoms with E-state index in [9.17, 15) is 4.39 Å². The number of benzene rings is 2. The van der Waals surface area contributed by atoms with Crippen molar-refractivity contribution in [2.24, 2.45) is 11.8 Å². The maximum Gasteiger partial charge on any atom is 0.123 e. The average Bonchev–Trinajstić information content (AvgIpc) is 2.68. The molecule has 0 radical (unpaired) electrons. The third-order valence-corrected chi connectivity index (χ3v) is 5.37. The van der Waals surface area contributed by atoms with Gasteiger partial charge in [0.25, 0.3) is 0 Å². The van der Waals surface area contributed by atoms with Gasteiger partial charge in [0, 0.05) is 0 Å². The lowest BCUT2D eigenvalue weighted by atomic mass is 9.80. The molecule has 26 heavy (non-hydrogen) atoms. The largest absolute Gasteiger partial charge is 0.490 e. The summed E-state index contributed by atoms with van der Waals surface area (Å²) in [5, 5.41) is 0. The van der Waals surface area contributed by atoms with Gasteiger partial charge >= 0.3 is 0 Å². The molecule has 0 aliphatic heterocycles. The number of hydrogen-bond donors (Lipinski definition) is 0. The first-order chi connectivity index (χ1) is 12.7. The number of halogens is 1. The number of ether oxygens (including phenoxy) is 1. The van der Waals surface area contributed by atoms with Crippen LogP contribution in [0.5, 0.6) is 5.75 Å². The highest BCUT2D eigenvalue weighted by atomic mass is 19.1. The van der Waals surface area contributed by atoms with Gasteiger partial charge in [0.15, 0.2) is 0 Å². The van der Waals surface area contributed by atoms with Crippen LogP contribution in [0.3, 0.4) is 0 Å². The first-order valence-corrected chi connectivity index (χ1v) is 9.90. The molecular formula is C24H29FO.